The van der Waals surface area contributed by atoms with Crippen LogP contribution in [0.5, 0.6) is 0 Å². The zero-order valence-electron chi connectivity index (χ0n) is 19.4. The first-order valence-corrected chi connectivity index (χ1v) is 11.1. The number of Topliss-reactive ketones (excluding diaryl/α,β-unsaturated/α-hetero) is 1. The summed E-state index contributed by atoms with van der Waals surface area (Å²) < 4.78 is 0. The van der Waals surface area contributed by atoms with Crippen LogP contribution in [0.15, 0.2) is 46.9 Å². The fourth-order valence-corrected chi connectivity index (χ4v) is 4.40. The van der Waals surface area contributed by atoms with E-state index >= 15 is 0 Å². The molecule has 0 heterocycles. The monoisotopic (exact) mass is 445 g/mol. The second-order valence-electron chi connectivity index (χ2n) is 9.41. The Kier molecular flexibility index (Phi) is 8.24. The van der Waals surface area contributed by atoms with Crippen LogP contribution in [0.3, 0.4) is 0 Å². The molecule has 4 atom stereocenters. The number of aliphatic hydroxyl groups excluding tert-OH is 2. The first-order chi connectivity index (χ1) is 14.9. The van der Waals surface area contributed by atoms with Crippen LogP contribution in [-0.2, 0) is 14.4 Å². The molecule has 4 N–H and O–H groups in total. The third-order valence-corrected chi connectivity index (χ3v) is 6.84. The van der Waals surface area contributed by atoms with Crippen molar-refractivity contribution in [1.29, 1.82) is 0 Å². The van der Waals surface area contributed by atoms with Gasteiger partial charge in [-0.25, -0.2) is 4.79 Å². The number of nitrogens with one attached hydrogen (secondary N) is 1. The van der Waals surface area contributed by atoms with Gasteiger partial charge in [0.1, 0.15) is 5.76 Å². The Labute approximate surface area is 189 Å². The van der Waals surface area contributed by atoms with E-state index in [-0.39, 0.29) is 23.1 Å². The molecule has 176 valence electrons. The molecule has 0 aliphatic heterocycles. The lowest BCUT2D eigenvalue weighted by molar-refractivity contribution is -0.141. The van der Waals surface area contributed by atoms with Crippen LogP contribution in [0.4, 0.5) is 0 Å². The summed E-state index contributed by atoms with van der Waals surface area (Å²) in [6, 6.07) is -1.44. The van der Waals surface area contributed by atoms with E-state index in [1.54, 1.807) is 0 Å². The summed E-state index contributed by atoms with van der Waals surface area (Å²) in [5.41, 5.74) is 2.14. The van der Waals surface area contributed by atoms with Gasteiger partial charge < -0.3 is 20.6 Å². The van der Waals surface area contributed by atoms with E-state index in [1.807, 2.05) is 13.0 Å². The van der Waals surface area contributed by atoms with Crippen LogP contribution in [-0.4, -0.2) is 45.0 Å². The van der Waals surface area contributed by atoms with E-state index in [4.69, 9.17) is 0 Å². The maximum Gasteiger partial charge on any atom is 0.328 e. The van der Waals surface area contributed by atoms with Gasteiger partial charge in [-0.2, -0.15) is 0 Å². The van der Waals surface area contributed by atoms with E-state index in [0.29, 0.717) is 5.92 Å². The highest BCUT2D eigenvalue weighted by atomic mass is 16.4. The highest BCUT2D eigenvalue weighted by Gasteiger charge is 2.34. The van der Waals surface area contributed by atoms with Crippen LogP contribution in [0, 0.1) is 11.3 Å². The minimum Gasteiger partial charge on any atom is -0.505 e. The third-order valence-electron chi connectivity index (χ3n) is 6.84. The summed E-state index contributed by atoms with van der Waals surface area (Å²) in [6.07, 6.45) is 6.68. The number of aliphatic carboxylic acids is 1. The molecule has 0 aromatic carbocycles. The highest BCUT2D eigenvalue weighted by Crippen LogP contribution is 2.46. The summed E-state index contributed by atoms with van der Waals surface area (Å²) in [6.45, 7) is 12.0. The van der Waals surface area contributed by atoms with Crippen molar-refractivity contribution in [2.75, 3.05) is 0 Å². The Bertz CT molecular complexity index is 894. The molecule has 0 unspecified atom stereocenters. The average molecular weight is 446 g/mol. The Morgan fingerprint density at radius 3 is 2.66 bits per heavy atom. The molecule has 0 aromatic rings. The average Bonchev–Trinajstić information content (AvgIpc) is 2.71. The molecule has 1 saturated carbocycles. The Morgan fingerprint density at radius 1 is 1.41 bits per heavy atom. The van der Waals surface area contributed by atoms with Crippen LogP contribution >= 0.6 is 0 Å². The number of carboxylic acids is 1. The molecular weight excluding hydrogens is 410 g/mol. The van der Waals surface area contributed by atoms with Gasteiger partial charge in [-0.1, -0.05) is 44.1 Å². The lowest BCUT2D eigenvalue weighted by Crippen LogP contribution is -2.45. The van der Waals surface area contributed by atoms with E-state index in [1.165, 1.54) is 25.3 Å². The predicted octanol–water partition coefficient (Wildman–Crippen LogP) is 3.76. The normalized spacial score (nSPS) is 26.7. The second kappa shape index (κ2) is 10.3. The SMILES string of the molecule is C=C1[C@H](C)CCC[C@]1(C)CC/C(C)=C/CC1=C(O)C(N[C@@H](C(=O)O)[C@H](C)O)=CC(=O)C1=O. The number of rotatable bonds is 9. The summed E-state index contributed by atoms with van der Waals surface area (Å²) in [5.74, 6) is -2.96. The van der Waals surface area contributed by atoms with Crippen LogP contribution in [0.1, 0.15) is 66.2 Å². The molecule has 0 bridgehead atoms. The molecule has 0 spiro atoms. The fourth-order valence-electron chi connectivity index (χ4n) is 4.40. The van der Waals surface area contributed by atoms with Crippen molar-refractivity contribution in [2.24, 2.45) is 11.3 Å². The number of hydrogen-bond donors (Lipinski definition) is 4. The molecule has 1 fully saturated rings. The minimum absolute atomic E-state index is 0.0573. The summed E-state index contributed by atoms with van der Waals surface area (Å²) in [4.78, 5) is 35.8. The van der Waals surface area contributed by atoms with Gasteiger partial charge in [0.25, 0.3) is 0 Å². The number of aliphatic hydroxyl groups is 2. The largest absolute Gasteiger partial charge is 0.505 e. The van der Waals surface area contributed by atoms with Crippen molar-refractivity contribution >= 4 is 17.5 Å². The van der Waals surface area contributed by atoms with E-state index in [9.17, 15) is 29.7 Å². The van der Waals surface area contributed by atoms with Crippen LogP contribution < -0.4 is 5.32 Å². The second-order valence-corrected chi connectivity index (χ2v) is 9.41. The van der Waals surface area contributed by atoms with Gasteiger partial charge in [0.15, 0.2) is 6.04 Å². The maximum absolute atomic E-state index is 12.3. The first-order valence-electron chi connectivity index (χ1n) is 11.1. The van der Waals surface area contributed by atoms with Gasteiger partial charge in [0, 0.05) is 6.08 Å². The number of carboxylic acid groups (broad SMARTS) is 1. The standard InChI is InChI=1S/C25H35NO6/c1-14(10-12-25(5)11-6-7-15(2)16(25)3)8-9-18-22(29)19(13-20(28)23(18)30)26-21(17(4)27)24(31)32/h8,13,15,17,21,26-27,29H,3,6-7,9-12H2,1-2,4-5H3,(H,31,32)/b14-8+/t15-,17+,21-,25-/m1/s1. The number of ketones is 2. The number of carbonyl (C=O) groups is 3. The van der Waals surface area contributed by atoms with Gasteiger partial charge in [0.2, 0.25) is 11.6 Å². The van der Waals surface area contributed by atoms with Gasteiger partial charge in [0.05, 0.1) is 17.4 Å². The molecule has 7 nitrogen and oxygen atoms in total. The van der Waals surface area contributed by atoms with Crippen molar-refractivity contribution in [1.82, 2.24) is 5.32 Å². The molecular formula is C25H35NO6. The minimum atomic E-state index is -1.44. The number of allylic oxidation sites excluding steroid dienone is 5. The summed E-state index contributed by atoms with van der Waals surface area (Å²) in [5, 5.41) is 31.9. The van der Waals surface area contributed by atoms with Crippen LogP contribution in [0.2, 0.25) is 0 Å². The third kappa shape index (κ3) is 5.76. The predicted molar refractivity (Wildman–Crippen MR) is 122 cm³/mol. The fraction of sp³-hybridized carbons (Fsp3) is 0.560. The van der Waals surface area contributed by atoms with E-state index < -0.39 is 35.4 Å². The molecule has 7 heteroatoms. The molecule has 32 heavy (non-hydrogen) atoms. The van der Waals surface area contributed by atoms with Crippen molar-refractivity contribution in [3.63, 3.8) is 0 Å². The first kappa shape index (κ1) is 25.6. The molecule has 2 rings (SSSR count). The van der Waals surface area contributed by atoms with Crippen LogP contribution in [0.25, 0.3) is 0 Å². The van der Waals surface area contributed by atoms with Gasteiger partial charge in [-0.3, -0.25) is 9.59 Å². The van der Waals surface area contributed by atoms with Gasteiger partial charge in [-0.05, 0) is 57.3 Å². The van der Waals surface area contributed by atoms with Gasteiger partial charge >= 0.3 is 5.97 Å². The van der Waals surface area contributed by atoms with Crippen molar-refractivity contribution < 1.29 is 29.7 Å². The quantitative estimate of drug-likeness (QED) is 0.242. The zero-order chi connectivity index (χ0) is 24.2. The Hall–Kier alpha value is -2.67. The van der Waals surface area contributed by atoms with E-state index in [2.05, 4.69) is 25.7 Å². The zero-order valence-corrected chi connectivity index (χ0v) is 19.4. The topological polar surface area (TPSA) is 124 Å². The molecule has 2 aliphatic carbocycles. The highest BCUT2D eigenvalue weighted by molar-refractivity contribution is 6.48. The number of hydrogen-bond acceptors (Lipinski definition) is 6. The summed E-state index contributed by atoms with van der Waals surface area (Å²) >= 11 is 0. The Balaban J connectivity index is 2.13. The summed E-state index contributed by atoms with van der Waals surface area (Å²) in [7, 11) is 0. The van der Waals surface area contributed by atoms with Crippen molar-refractivity contribution in [3.8, 4) is 0 Å². The molecule has 2 aliphatic rings. The lowest BCUT2D eigenvalue weighted by Gasteiger charge is -2.40. The lowest BCUT2D eigenvalue weighted by atomic mass is 9.65. The van der Waals surface area contributed by atoms with Gasteiger partial charge in [-0.15, -0.1) is 0 Å². The Morgan fingerprint density at radius 2 is 2.06 bits per heavy atom. The molecule has 0 saturated heterocycles. The molecule has 0 amide bonds. The molecule has 0 aromatic heterocycles. The van der Waals surface area contributed by atoms with Crippen molar-refractivity contribution in [3.05, 3.63) is 46.9 Å². The van der Waals surface area contributed by atoms with E-state index in [0.717, 1.165) is 30.9 Å². The number of carbonyl (C=O) groups excluding carboxylic acids is 2. The maximum atomic E-state index is 12.3. The van der Waals surface area contributed by atoms with Crippen molar-refractivity contribution in [2.45, 2.75) is 78.4 Å². The molecule has 0 radical (unpaired) electrons. The smallest absolute Gasteiger partial charge is 0.328 e.